The summed E-state index contributed by atoms with van der Waals surface area (Å²) in [7, 11) is -3.02. The lowest BCUT2D eigenvalue weighted by Gasteiger charge is -2.28. The molecule has 1 atom stereocenters. The first kappa shape index (κ1) is 14.1. The van der Waals surface area contributed by atoms with Gasteiger partial charge in [-0.15, -0.1) is 0 Å². The molecule has 2 amide bonds. The second-order valence-electron chi connectivity index (χ2n) is 4.77. The SMILES string of the molecule is CCN(C(=O)CN1CCOC1=O)C1CCS(=O)(=O)C1. The molecule has 2 saturated heterocycles. The zero-order chi connectivity index (χ0) is 14.0. The van der Waals surface area contributed by atoms with E-state index in [4.69, 9.17) is 4.74 Å². The molecule has 0 aliphatic carbocycles. The van der Waals surface area contributed by atoms with E-state index in [1.807, 2.05) is 6.92 Å². The van der Waals surface area contributed by atoms with Gasteiger partial charge in [0.2, 0.25) is 5.91 Å². The molecule has 2 fully saturated rings. The van der Waals surface area contributed by atoms with E-state index < -0.39 is 15.9 Å². The van der Waals surface area contributed by atoms with Crippen molar-refractivity contribution in [3.8, 4) is 0 Å². The zero-order valence-corrected chi connectivity index (χ0v) is 11.7. The second kappa shape index (κ2) is 5.36. The van der Waals surface area contributed by atoms with Crippen LogP contribution in [0.3, 0.4) is 0 Å². The van der Waals surface area contributed by atoms with Gasteiger partial charge in [-0.05, 0) is 13.3 Å². The van der Waals surface area contributed by atoms with Gasteiger partial charge in [0.15, 0.2) is 9.84 Å². The minimum absolute atomic E-state index is 0.0248. The molecule has 0 aromatic heterocycles. The first-order valence-corrected chi connectivity index (χ1v) is 8.16. The quantitative estimate of drug-likeness (QED) is 0.695. The first-order valence-electron chi connectivity index (χ1n) is 6.34. The van der Waals surface area contributed by atoms with Crippen molar-refractivity contribution in [2.45, 2.75) is 19.4 Å². The van der Waals surface area contributed by atoms with Gasteiger partial charge in [0.05, 0.1) is 18.1 Å². The summed E-state index contributed by atoms with van der Waals surface area (Å²) in [6.45, 7) is 2.93. The van der Waals surface area contributed by atoms with Gasteiger partial charge in [-0.3, -0.25) is 9.69 Å². The highest BCUT2D eigenvalue weighted by Crippen LogP contribution is 2.18. The number of carbonyl (C=O) groups is 2. The van der Waals surface area contributed by atoms with E-state index in [1.165, 1.54) is 4.90 Å². The Morgan fingerprint density at radius 3 is 2.74 bits per heavy atom. The van der Waals surface area contributed by atoms with Gasteiger partial charge in [-0.25, -0.2) is 13.2 Å². The molecule has 0 spiro atoms. The molecule has 19 heavy (non-hydrogen) atoms. The molecule has 2 rings (SSSR count). The highest BCUT2D eigenvalue weighted by Gasteiger charge is 2.35. The number of carbonyl (C=O) groups excluding carboxylic acids is 2. The fourth-order valence-corrected chi connectivity index (χ4v) is 4.21. The van der Waals surface area contributed by atoms with Crippen LogP contribution in [-0.4, -0.2) is 74.0 Å². The Morgan fingerprint density at radius 1 is 1.53 bits per heavy atom. The van der Waals surface area contributed by atoms with E-state index >= 15 is 0 Å². The van der Waals surface area contributed by atoms with E-state index in [1.54, 1.807) is 4.90 Å². The lowest BCUT2D eigenvalue weighted by molar-refractivity contribution is -0.133. The molecular weight excluding hydrogens is 272 g/mol. The van der Waals surface area contributed by atoms with Gasteiger partial charge in [0.25, 0.3) is 0 Å². The number of nitrogens with zero attached hydrogens (tertiary/aromatic N) is 2. The number of amides is 2. The summed E-state index contributed by atoms with van der Waals surface area (Å²) in [5, 5.41) is 0. The molecule has 7 nitrogen and oxygen atoms in total. The van der Waals surface area contributed by atoms with Crippen molar-refractivity contribution in [2.75, 3.05) is 37.7 Å². The van der Waals surface area contributed by atoms with Crippen molar-refractivity contribution in [2.24, 2.45) is 0 Å². The maximum Gasteiger partial charge on any atom is 0.410 e. The summed E-state index contributed by atoms with van der Waals surface area (Å²) in [5.74, 6) is -0.0621. The number of rotatable bonds is 4. The largest absolute Gasteiger partial charge is 0.448 e. The van der Waals surface area contributed by atoms with E-state index in [0.717, 1.165) is 0 Å². The third kappa shape index (κ3) is 3.17. The lowest BCUT2D eigenvalue weighted by atomic mass is 10.2. The number of hydrogen-bond acceptors (Lipinski definition) is 5. The maximum absolute atomic E-state index is 12.2. The van der Waals surface area contributed by atoms with Crippen LogP contribution in [-0.2, 0) is 19.4 Å². The summed E-state index contributed by atoms with van der Waals surface area (Å²) >= 11 is 0. The van der Waals surface area contributed by atoms with Gasteiger partial charge >= 0.3 is 6.09 Å². The van der Waals surface area contributed by atoms with Crippen LogP contribution < -0.4 is 0 Å². The van der Waals surface area contributed by atoms with Gasteiger partial charge in [-0.2, -0.15) is 0 Å². The highest BCUT2D eigenvalue weighted by atomic mass is 32.2. The molecular formula is C11H18N2O5S. The van der Waals surface area contributed by atoms with Crippen LogP contribution in [0.4, 0.5) is 4.79 Å². The normalized spacial score (nSPS) is 25.4. The number of likely N-dealkylation sites (N-methyl/N-ethyl adjacent to an activating group) is 1. The second-order valence-corrected chi connectivity index (χ2v) is 7.00. The highest BCUT2D eigenvalue weighted by molar-refractivity contribution is 7.91. The zero-order valence-electron chi connectivity index (χ0n) is 10.9. The average Bonchev–Trinajstić information content (AvgIpc) is 2.87. The third-order valence-corrected chi connectivity index (χ3v) is 5.23. The molecule has 2 aliphatic heterocycles. The topological polar surface area (TPSA) is 84.0 Å². The fourth-order valence-electron chi connectivity index (χ4n) is 2.48. The van der Waals surface area contributed by atoms with Gasteiger partial charge < -0.3 is 9.64 Å². The minimum atomic E-state index is -3.02. The maximum atomic E-state index is 12.2. The van der Waals surface area contributed by atoms with Crippen molar-refractivity contribution in [1.82, 2.24) is 9.80 Å². The average molecular weight is 290 g/mol. The van der Waals surface area contributed by atoms with Crippen LogP contribution in [0.1, 0.15) is 13.3 Å². The molecule has 1 unspecified atom stereocenters. The molecule has 0 saturated carbocycles. The van der Waals surface area contributed by atoms with Gasteiger partial charge in [0, 0.05) is 12.6 Å². The summed E-state index contributed by atoms with van der Waals surface area (Å²) < 4.78 is 27.7. The van der Waals surface area contributed by atoms with E-state index in [9.17, 15) is 18.0 Å². The third-order valence-electron chi connectivity index (χ3n) is 3.48. The molecule has 0 bridgehead atoms. The van der Waals surface area contributed by atoms with Crippen LogP contribution >= 0.6 is 0 Å². The van der Waals surface area contributed by atoms with Crippen LogP contribution in [0.5, 0.6) is 0 Å². The Hall–Kier alpha value is -1.31. The smallest absolute Gasteiger partial charge is 0.410 e. The van der Waals surface area contributed by atoms with Crippen molar-refractivity contribution in [1.29, 1.82) is 0 Å². The molecule has 8 heteroatoms. The van der Waals surface area contributed by atoms with Crippen LogP contribution in [0.2, 0.25) is 0 Å². The summed E-state index contributed by atoms with van der Waals surface area (Å²) in [6, 6.07) is -0.263. The Kier molecular flexibility index (Phi) is 3.98. The van der Waals surface area contributed by atoms with Crippen LogP contribution in [0, 0.1) is 0 Å². The van der Waals surface area contributed by atoms with Crippen molar-refractivity contribution in [3.63, 3.8) is 0 Å². The summed E-state index contributed by atoms with van der Waals surface area (Å²) in [5.41, 5.74) is 0. The molecule has 0 N–H and O–H groups in total. The van der Waals surface area contributed by atoms with Gasteiger partial charge in [0.1, 0.15) is 13.2 Å². The Bertz CT molecular complexity index is 475. The Labute approximate surface area is 112 Å². The minimum Gasteiger partial charge on any atom is -0.448 e. The molecule has 0 radical (unpaired) electrons. The summed E-state index contributed by atoms with van der Waals surface area (Å²) in [4.78, 5) is 26.3. The number of hydrogen-bond donors (Lipinski definition) is 0. The van der Waals surface area contributed by atoms with E-state index in [-0.39, 0.29) is 30.0 Å². The van der Waals surface area contributed by atoms with E-state index in [0.29, 0.717) is 26.1 Å². The number of ether oxygens (including phenoxy) is 1. The fraction of sp³-hybridized carbons (Fsp3) is 0.818. The standard InChI is InChI=1S/C11H18N2O5S/c1-2-13(9-3-6-19(16,17)8-9)10(14)7-12-4-5-18-11(12)15/h9H,2-8H2,1H3. The van der Waals surface area contributed by atoms with Crippen molar-refractivity contribution < 1.29 is 22.7 Å². The lowest BCUT2D eigenvalue weighted by Crippen LogP contribution is -2.46. The predicted molar refractivity (Wildman–Crippen MR) is 67.4 cm³/mol. The Morgan fingerprint density at radius 2 is 2.26 bits per heavy atom. The summed E-state index contributed by atoms with van der Waals surface area (Å²) in [6.07, 6.45) is -0.00439. The molecule has 2 aliphatic rings. The van der Waals surface area contributed by atoms with Crippen molar-refractivity contribution >= 4 is 21.8 Å². The molecule has 2 heterocycles. The molecule has 0 aromatic carbocycles. The van der Waals surface area contributed by atoms with Gasteiger partial charge in [-0.1, -0.05) is 0 Å². The first-order chi connectivity index (χ1) is 8.93. The molecule has 0 aromatic rings. The molecule has 108 valence electrons. The van der Waals surface area contributed by atoms with E-state index in [2.05, 4.69) is 0 Å². The van der Waals surface area contributed by atoms with Crippen LogP contribution in [0.25, 0.3) is 0 Å². The predicted octanol–water partition coefficient (Wildman–Crippen LogP) is -0.526. The number of cyclic esters (lactones) is 1. The number of sulfone groups is 1. The van der Waals surface area contributed by atoms with Crippen LogP contribution in [0.15, 0.2) is 0 Å². The Balaban J connectivity index is 1.97. The van der Waals surface area contributed by atoms with Crippen molar-refractivity contribution in [3.05, 3.63) is 0 Å². The monoisotopic (exact) mass is 290 g/mol.